The van der Waals surface area contributed by atoms with Gasteiger partial charge < -0.3 is 20.5 Å². The Balaban J connectivity index is 2.00. The zero-order chi connectivity index (χ0) is 14.6. The fourth-order valence-corrected chi connectivity index (χ4v) is 2.33. The Bertz CT molecular complexity index is 474. The van der Waals surface area contributed by atoms with E-state index in [1.54, 1.807) is 7.11 Å². The molecule has 1 saturated carbocycles. The highest BCUT2D eigenvalue weighted by atomic mass is 16.5. The maximum absolute atomic E-state index is 12.1. The van der Waals surface area contributed by atoms with Crippen LogP contribution in [0.15, 0.2) is 24.3 Å². The summed E-state index contributed by atoms with van der Waals surface area (Å²) in [4.78, 5) is 12.1. The first kappa shape index (κ1) is 14.8. The number of anilines is 1. The standard InChI is InChI=1S/C15H22N2O3/c1-15(10-18,12-7-8-12)17-14(19)16-13-6-4-3-5-11(13)9-20-2/h3-6,12,18H,7-10H2,1-2H3,(H2,16,17,19). The van der Waals surface area contributed by atoms with Crippen LogP contribution in [0, 0.1) is 5.92 Å². The second-order valence-corrected chi connectivity index (χ2v) is 5.52. The van der Waals surface area contributed by atoms with E-state index in [4.69, 9.17) is 4.74 Å². The van der Waals surface area contributed by atoms with E-state index in [0.717, 1.165) is 24.1 Å². The first-order valence-corrected chi connectivity index (χ1v) is 6.86. The van der Waals surface area contributed by atoms with Gasteiger partial charge in [0.05, 0.1) is 18.8 Å². The smallest absolute Gasteiger partial charge is 0.319 e. The predicted octanol–water partition coefficient (Wildman–Crippen LogP) is 2.12. The number of carbonyl (C=O) groups excluding carboxylic acids is 1. The summed E-state index contributed by atoms with van der Waals surface area (Å²) in [5.41, 5.74) is 1.10. The Kier molecular flexibility index (Phi) is 4.62. The minimum Gasteiger partial charge on any atom is -0.394 e. The number of rotatable bonds is 6. The molecule has 0 saturated heterocycles. The van der Waals surface area contributed by atoms with Crippen LogP contribution in [0.3, 0.4) is 0 Å². The largest absolute Gasteiger partial charge is 0.394 e. The summed E-state index contributed by atoms with van der Waals surface area (Å²) in [6.45, 7) is 2.27. The summed E-state index contributed by atoms with van der Waals surface area (Å²) in [6.07, 6.45) is 2.11. The predicted molar refractivity (Wildman–Crippen MR) is 77.5 cm³/mol. The van der Waals surface area contributed by atoms with Gasteiger partial charge >= 0.3 is 6.03 Å². The molecule has 1 aliphatic carbocycles. The molecule has 1 atom stereocenters. The van der Waals surface area contributed by atoms with Crippen molar-refractivity contribution in [3.05, 3.63) is 29.8 Å². The highest BCUT2D eigenvalue weighted by Crippen LogP contribution is 2.39. The Morgan fingerprint density at radius 2 is 2.15 bits per heavy atom. The molecule has 1 fully saturated rings. The molecule has 1 aliphatic rings. The van der Waals surface area contributed by atoms with Gasteiger partial charge in [-0.3, -0.25) is 0 Å². The van der Waals surface area contributed by atoms with Gasteiger partial charge in [0.25, 0.3) is 0 Å². The van der Waals surface area contributed by atoms with E-state index in [2.05, 4.69) is 10.6 Å². The molecule has 2 amide bonds. The number of benzene rings is 1. The molecule has 2 rings (SSSR count). The number of ether oxygens (including phenoxy) is 1. The molecule has 1 aromatic rings. The monoisotopic (exact) mass is 278 g/mol. The van der Waals surface area contributed by atoms with Crippen LogP contribution in [-0.2, 0) is 11.3 Å². The first-order valence-electron chi connectivity index (χ1n) is 6.86. The lowest BCUT2D eigenvalue weighted by Crippen LogP contribution is -2.52. The van der Waals surface area contributed by atoms with Crippen LogP contribution >= 0.6 is 0 Å². The van der Waals surface area contributed by atoms with Crippen LogP contribution in [0.25, 0.3) is 0 Å². The van der Waals surface area contributed by atoms with Crippen LogP contribution in [0.5, 0.6) is 0 Å². The molecule has 0 bridgehead atoms. The lowest BCUT2D eigenvalue weighted by molar-refractivity contribution is 0.159. The fraction of sp³-hybridized carbons (Fsp3) is 0.533. The van der Waals surface area contributed by atoms with E-state index >= 15 is 0 Å². The number of para-hydroxylation sites is 1. The lowest BCUT2D eigenvalue weighted by Gasteiger charge is -2.29. The molecular weight excluding hydrogens is 256 g/mol. The zero-order valence-corrected chi connectivity index (χ0v) is 12.0. The SMILES string of the molecule is COCc1ccccc1NC(=O)NC(C)(CO)C1CC1. The van der Waals surface area contributed by atoms with E-state index in [1.807, 2.05) is 31.2 Å². The zero-order valence-electron chi connectivity index (χ0n) is 12.0. The van der Waals surface area contributed by atoms with Gasteiger partial charge in [-0.2, -0.15) is 0 Å². The second kappa shape index (κ2) is 6.24. The summed E-state index contributed by atoms with van der Waals surface area (Å²) < 4.78 is 5.11. The van der Waals surface area contributed by atoms with Gasteiger partial charge in [0.1, 0.15) is 0 Å². The number of methoxy groups -OCH3 is 1. The number of amides is 2. The molecule has 5 heteroatoms. The molecule has 3 N–H and O–H groups in total. The number of hydrogen-bond donors (Lipinski definition) is 3. The average Bonchev–Trinajstić information content (AvgIpc) is 3.26. The van der Waals surface area contributed by atoms with Crippen molar-refractivity contribution in [1.82, 2.24) is 5.32 Å². The Labute approximate surface area is 119 Å². The van der Waals surface area contributed by atoms with Crippen molar-refractivity contribution in [2.45, 2.75) is 31.9 Å². The maximum Gasteiger partial charge on any atom is 0.319 e. The highest BCUT2D eigenvalue weighted by molar-refractivity contribution is 5.90. The van der Waals surface area contributed by atoms with Crippen molar-refractivity contribution in [3.63, 3.8) is 0 Å². The third-order valence-corrected chi connectivity index (χ3v) is 3.77. The van der Waals surface area contributed by atoms with Gasteiger partial charge in [-0.1, -0.05) is 18.2 Å². The molecule has 1 unspecified atom stereocenters. The molecule has 5 nitrogen and oxygen atoms in total. The van der Waals surface area contributed by atoms with Crippen molar-refractivity contribution in [2.24, 2.45) is 5.92 Å². The number of carbonyl (C=O) groups is 1. The second-order valence-electron chi connectivity index (χ2n) is 5.52. The van der Waals surface area contributed by atoms with Crippen LogP contribution in [0.1, 0.15) is 25.3 Å². The normalized spacial score (nSPS) is 17.4. The fourth-order valence-electron chi connectivity index (χ4n) is 2.33. The molecule has 0 radical (unpaired) electrons. The van der Waals surface area contributed by atoms with E-state index in [9.17, 15) is 9.90 Å². The molecule has 0 aromatic heterocycles. The summed E-state index contributed by atoms with van der Waals surface area (Å²) in [5, 5.41) is 15.2. The van der Waals surface area contributed by atoms with Crippen molar-refractivity contribution >= 4 is 11.7 Å². The first-order chi connectivity index (χ1) is 9.59. The molecule has 0 aliphatic heterocycles. The maximum atomic E-state index is 12.1. The van der Waals surface area contributed by atoms with Crippen molar-refractivity contribution in [1.29, 1.82) is 0 Å². The summed E-state index contributed by atoms with van der Waals surface area (Å²) in [7, 11) is 1.62. The molecule has 0 heterocycles. The minimum absolute atomic E-state index is 0.0508. The van der Waals surface area contributed by atoms with Gasteiger partial charge in [-0.05, 0) is 31.7 Å². The van der Waals surface area contributed by atoms with E-state index in [1.165, 1.54) is 0 Å². The van der Waals surface area contributed by atoms with Crippen LogP contribution < -0.4 is 10.6 Å². The Morgan fingerprint density at radius 3 is 2.75 bits per heavy atom. The molecule has 0 spiro atoms. The van der Waals surface area contributed by atoms with Crippen molar-refractivity contribution in [2.75, 3.05) is 19.0 Å². The lowest BCUT2D eigenvalue weighted by atomic mass is 9.97. The average molecular weight is 278 g/mol. The Hall–Kier alpha value is -1.59. The Morgan fingerprint density at radius 1 is 1.45 bits per heavy atom. The summed E-state index contributed by atoms with van der Waals surface area (Å²) >= 11 is 0. The number of nitrogens with one attached hydrogen (secondary N) is 2. The van der Waals surface area contributed by atoms with Crippen molar-refractivity contribution in [3.8, 4) is 0 Å². The van der Waals surface area contributed by atoms with Crippen molar-refractivity contribution < 1.29 is 14.6 Å². The highest BCUT2D eigenvalue weighted by Gasteiger charge is 2.42. The van der Waals surface area contributed by atoms with Gasteiger partial charge in [-0.25, -0.2) is 4.79 Å². The van der Waals surface area contributed by atoms with Crippen LogP contribution in [0.4, 0.5) is 10.5 Å². The van der Waals surface area contributed by atoms with Gasteiger partial charge in [0.2, 0.25) is 0 Å². The summed E-state index contributed by atoms with van der Waals surface area (Å²) in [5.74, 6) is 0.368. The van der Waals surface area contributed by atoms with Crippen LogP contribution in [-0.4, -0.2) is 30.4 Å². The number of urea groups is 1. The van der Waals surface area contributed by atoms with E-state index < -0.39 is 5.54 Å². The van der Waals surface area contributed by atoms with Gasteiger partial charge in [-0.15, -0.1) is 0 Å². The number of hydrogen-bond acceptors (Lipinski definition) is 3. The minimum atomic E-state index is -0.541. The van der Waals surface area contributed by atoms with Crippen LogP contribution in [0.2, 0.25) is 0 Å². The molecule has 1 aromatic carbocycles. The quantitative estimate of drug-likeness (QED) is 0.746. The van der Waals surface area contributed by atoms with Gasteiger partial charge in [0, 0.05) is 18.4 Å². The topological polar surface area (TPSA) is 70.6 Å². The van der Waals surface area contributed by atoms with Gasteiger partial charge in [0.15, 0.2) is 0 Å². The third kappa shape index (κ3) is 3.49. The van der Waals surface area contributed by atoms with E-state index in [0.29, 0.717) is 12.5 Å². The molecule has 110 valence electrons. The summed E-state index contributed by atoms with van der Waals surface area (Å²) in [6, 6.07) is 7.21. The molecular formula is C15H22N2O3. The third-order valence-electron chi connectivity index (χ3n) is 3.77. The van der Waals surface area contributed by atoms with E-state index in [-0.39, 0.29) is 12.6 Å². The number of aliphatic hydroxyl groups excluding tert-OH is 1. The number of aliphatic hydroxyl groups is 1. The molecule has 20 heavy (non-hydrogen) atoms.